The Morgan fingerprint density at radius 2 is 1.72 bits per heavy atom. The Bertz CT molecular complexity index is 959. The van der Waals surface area contributed by atoms with Crippen LogP contribution in [-0.4, -0.2) is 43.1 Å². The molecule has 2 aromatic rings. The minimum absolute atomic E-state index is 0.188. The highest BCUT2D eigenvalue weighted by molar-refractivity contribution is 6.41. The number of carbonyl (C=O) groups excluding carboxylic acids is 1. The first-order valence-corrected chi connectivity index (χ1v) is 9.54. The highest BCUT2D eigenvalue weighted by Gasteiger charge is 2.42. The van der Waals surface area contributed by atoms with Crippen molar-refractivity contribution < 1.29 is 19.0 Å². The Balaban J connectivity index is 1.60. The molecule has 0 atom stereocenters. The van der Waals surface area contributed by atoms with Crippen molar-refractivity contribution >= 4 is 23.7 Å². The SMILES string of the molecule is CC1(C(=O)OC2=NC(=Cc3ccccc3)CN=C2Cc2ccccc2)OCCO1. The topological polar surface area (TPSA) is 69.5 Å². The molecule has 29 heavy (non-hydrogen) atoms. The van der Waals surface area contributed by atoms with E-state index in [9.17, 15) is 4.79 Å². The lowest BCUT2D eigenvalue weighted by molar-refractivity contribution is -0.192. The predicted molar refractivity (Wildman–Crippen MR) is 111 cm³/mol. The Hall–Kier alpha value is -3.09. The summed E-state index contributed by atoms with van der Waals surface area (Å²) >= 11 is 0. The van der Waals surface area contributed by atoms with Crippen LogP contribution in [0.25, 0.3) is 6.08 Å². The molecule has 0 spiro atoms. The number of carbonyl (C=O) groups is 1. The van der Waals surface area contributed by atoms with E-state index in [-0.39, 0.29) is 5.90 Å². The summed E-state index contributed by atoms with van der Waals surface area (Å²) in [6, 6.07) is 19.7. The summed E-state index contributed by atoms with van der Waals surface area (Å²) in [5.41, 5.74) is 3.41. The van der Waals surface area contributed by atoms with Crippen LogP contribution >= 0.6 is 0 Å². The van der Waals surface area contributed by atoms with Gasteiger partial charge >= 0.3 is 5.97 Å². The third-order valence-corrected chi connectivity index (χ3v) is 4.67. The first-order valence-electron chi connectivity index (χ1n) is 9.54. The highest BCUT2D eigenvalue weighted by atomic mass is 16.8. The van der Waals surface area contributed by atoms with Crippen molar-refractivity contribution in [2.45, 2.75) is 19.1 Å². The molecule has 1 fully saturated rings. The third-order valence-electron chi connectivity index (χ3n) is 4.67. The van der Waals surface area contributed by atoms with Gasteiger partial charge in [-0.05, 0) is 17.2 Å². The van der Waals surface area contributed by atoms with Crippen LogP contribution in [0, 0.1) is 0 Å². The first kappa shape index (κ1) is 19.2. The van der Waals surface area contributed by atoms with Crippen LogP contribution in [0.2, 0.25) is 0 Å². The van der Waals surface area contributed by atoms with Gasteiger partial charge in [-0.25, -0.2) is 9.79 Å². The summed E-state index contributed by atoms with van der Waals surface area (Å²) in [5.74, 6) is -1.86. The van der Waals surface area contributed by atoms with E-state index in [1.165, 1.54) is 0 Å². The molecule has 2 aliphatic rings. The lowest BCUT2D eigenvalue weighted by Crippen LogP contribution is -2.41. The maximum absolute atomic E-state index is 12.7. The van der Waals surface area contributed by atoms with E-state index in [1.54, 1.807) is 6.92 Å². The number of ether oxygens (including phenoxy) is 3. The van der Waals surface area contributed by atoms with E-state index in [0.29, 0.717) is 37.6 Å². The second-order valence-corrected chi connectivity index (χ2v) is 6.92. The van der Waals surface area contributed by atoms with Gasteiger partial charge in [-0.15, -0.1) is 0 Å². The van der Waals surface area contributed by atoms with Gasteiger partial charge in [-0.3, -0.25) is 4.99 Å². The van der Waals surface area contributed by atoms with Gasteiger partial charge in [0, 0.05) is 13.3 Å². The smallest absolute Gasteiger partial charge is 0.373 e. The van der Waals surface area contributed by atoms with Crippen LogP contribution in [0.5, 0.6) is 0 Å². The molecule has 0 radical (unpaired) electrons. The number of benzene rings is 2. The second kappa shape index (κ2) is 8.51. The summed E-state index contributed by atoms with van der Waals surface area (Å²) in [7, 11) is 0. The zero-order valence-electron chi connectivity index (χ0n) is 16.2. The van der Waals surface area contributed by atoms with Crippen LogP contribution in [0.15, 0.2) is 76.3 Å². The van der Waals surface area contributed by atoms with Gasteiger partial charge in [-0.2, -0.15) is 0 Å². The van der Waals surface area contributed by atoms with Crippen molar-refractivity contribution in [1.82, 2.24) is 0 Å². The monoisotopic (exact) mass is 390 g/mol. The maximum atomic E-state index is 12.7. The summed E-state index contributed by atoms with van der Waals surface area (Å²) in [6.45, 7) is 2.67. The molecule has 0 bridgehead atoms. The largest absolute Gasteiger partial charge is 0.401 e. The predicted octanol–water partition coefficient (Wildman–Crippen LogP) is 3.43. The Labute approximate surface area is 169 Å². The molecule has 2 aromatic carbocycles. The summed E-state index contributed by atoms with van der Waals surface area (Å²) in [6.07, 6.45) is 2.45. The summed E-state index contributed by atoms with van der Waals surface area (Å²) in [5, 5.41) is 0. The quantitative estimate of drug-likeness (QED) is 0.750. The Morgan fingerprint density at radius 1 is 1.07 bits per heavy atom. The normalized spacial score (nSPS) is 19.6. The van der Waals surface area contributed by atoms with Gasteiger partial charge < -0.3 is 14.2 Å². The molecule has 6 nitrogen and oxygen atoms in total. The second-order valence-electron chi connectivity index (χ2n) is 6.92. The van der Waals surface area contributed by atoms with Crippen LogP contribution < -0.4 is 0 Å². The summed E-state index contributed by atoms with van der Waals surface area (Å²) in [4.78, 5) is 21.9. The van der Waals surface area contributed by atoms with Crippen molar-refractivity contribution in [3.05, 3.63) is 77.5 Å². The standard InChI is InChI=1S/C23H22N2O4/c1-23(27-12-13-28-23)22(26)29-21-20(15-18-10-6-3-7-11-18)24-16-19(25-21)14-17-8-4-2-5-9-17/h2-11,14H,12-13,15-16H2,1H3. The van der Waals surface area contributed by atoms with E-state index < -0.39 is 11.8 Å². The molecule has 0 saturated carbocycles. The van der Waals surface area contributed by atoms with Crippen LogP contribution in [0.4, 0.5) is 0 Å². The van der Waals surface area contributed by atoms with E-state index in [1.807, 2.05) is 66.7 Å². The van der Waals surface area contributed by atoms with Crippen LogP contribution in [-0.2, 0) is 25.4 Å². The number of aliphatic imine (C=N–C) groups is 2. The van der Waals surface area contributed by atoms with E-state index in [4.69, 9.17) is 14.2 Å². The fourth-order valence-electron chi connectivity index (χ4n) is 3.11. The van der Waals surface area contributed by atoms with Crippen LogP contribution in [0.3, 0.4) is 0 Å². The molecule has 4 rings (SSSR count). The van der Waals surface area contributed by atoms with E-state index >= 15 is 0 Å². The molecule has 0 unspecified atom stereocenters. The molecule has 0 amide bonds. The number of esters is 1. The molecule has 6 heteroatoms. The molecule has 2 aliphatic heterocycles. The Kier molecular flexibility index (Phi) is 5.64. The highest BCUT2D eigenvalue weighted by Crippen LogP contribution is 2.22. The molecular weight excluding hydrogens is 368 g/mol. The zero-order valence-corrected chi connectivity index (χ0v) is 16.2. The van der Waals surface area contributed by atoms with E-state index in [2.05, 4.69) is 9.98 Å². The van der Waals surface area contributed by atoms with Crippen molar-refractivity contribution in [2.24, 2.45) is 9.98 Å². The first-order chi connectivity index (χ1) is 14.1. The van der Waals surface area contributed by atoms with Gasteiger partial charge in [0.15, 0.2) is 0 Å². The number of rotatable bonds is 4. The number of hydrogen-bond acceptors (Lipinski definition) is 6. The van der Waals surface area contributed by atoms with Gasteiger partial charge in [0.05, 0.1) is 25.5 Å². The average molecular weight is 390 g/mol. The van der Waals surface area contributed by atoms with Gasteiger partial charge in [0.25, 0.3) is 5.79 Å². The average Bonchev–Trinajstić information content (AvgIpc) is 3.19. The van der Waals surface area contributed by atoms with Crippen LogP contribution in [0.1, 0.15) is 18.1 Å². The number of nitrogens with zero attached hydrogens (tertiary/aromatic N) is 2. The molecule has 0 N–H and O–H groups in total. The van der Waals surface area contributed by atoms with E-state index in [0.717, 1.165) is 11.1 Å². The molecular formula is C23H22N2O4. The lowest BCUT2D eigenvalue weighted by Gasteiger charge is -2.22. The van der Waals surface area contributed by atoms with Gasteiger partial charge in [0.2, 0.25) is 5.90 Å². The minimum atomic E-state index is -1.42. The molecule has 148 valence electrons. The Morgan fingerprint density at radius 3 is 2.41 bits per heavy atom. The summed E-state index contributed by atoms with van der Waals surface area (Å²) < 4.78 is 16.4. The van der Waals surface area contributed by atoms with Gasteiger partial charge in [-0.1, -0.05) is 60.7 Å². The molecule has 2 heterocycles. The van der Waals surface area contributed by atoms with Crippen molar-refractivity contribution in [3.8, 4) is 0 Å². The number of hydrogen-bond donors (Lipinski definition) is 0. The molecule has 1 saturated heterocycles. The minimum Gasteiger partial charge on any atom is -0.401 e. The fourth-order valence-corrected chi connectivity index (χ4v) is 3.11. The molecule has 0 aromatic heterocycles. The third kappa shape index (κ3) is 4.67. The maximum Gasteiger partial charge on any atom is 0.373 e. The van der Waals surface area contributed by atoms with Crippen molar-refractivity contribution in [1.29, 1.82) is 0 Å². The van der Waals surface area contributed by atoms with Crippen molar-refractivity contribution in [2.75, 3.05) is 19.8 Å². The zero-order chi connectivity index (χ0) is 20.1. The van der Waals surface area contributed by atoms with Crippen molar-refractivity contribution in [3.63, 3.8) is 0 Å². The lowest BCUT2D eigenvalue weighted by atomic mass is 10.1. The van der Waals surface area contributed by atoms with Gasteiger partial charge in [0.1, 0.15) is 5.71 Å². The fraction of sp³-hybridized carbons (Fsp3) is 0.261. The molecule has 0 aliphatic carbocycles.